The summed E-state index contributed by atoms with van der Waals surface area (Å²) >= 11 is 0. The first kappa shape index (κ1) is 37.5. The van der Waals surface area contributed by atoms with Gasteiger partial charge >= 0.3 is 0 Å². The Labute approximate surface area is 382 Å². The van der Waals surface area contributed by atoms with Gasteiger partial charge in [-0.1, -0.05) is 169 Å². The summed E-state index contributed by atoms with van der Waals surface area (Å²) in [5, 5.41) is 2.33. The Balaban J connectivity index is 1.09. The third kappa shape index (κ3) is 4.55. The molecule has 6 aliphatic carbocycles. The van der Waals surface area contributed by atoms with Crippen LogP contribution in [0.2, 0.25) is 0 Å². The molecule has 2 nitrogen and oxygen atoms in total. The van der Waals surface area contributed by atoms with E-state index in [-0.39, 0.29) is 10.8 Å². The second-order valence-electron chi connectivity index (χ2n) is 20.8. The lowest BCUT2D eigenvalue weighted by atomic mass is 9.68. The average Bonchev–Trinajstić information content (AvgIpc) is 4.06. The van der Waals surface area contributed by atoms with E-state index >= 15 is 0 Å². The summed E-state index contributed by atoms with van der Waals surface area (Å²) in [6, 6.07) is 53.5. The van der Waals surface area contributed by atoms with E-state index in [1.165, 1.54) is 112 Å². The van der Waals surface area contributed by atoms with Crippen LogP contribution in [-0.2, 0) is 16.2 Å². The predicted octanol–water partition coefficient (Wildman–Crippen LogP) is 16.7. The molecule has 0 fully saturated rings. The fourth-order valence-electron chi connectivity index (χ4n) is 13.8. The van der Waals surface area contributed by atoms with E-state index in [2.05, 4.69) is 210 Å². The highest BCUT2D eigenvalue weighted by Gasteiger charge is 2.56. The number of allylic oxidation sites excluding steroid dienone is 8. The maximum Gasteiger partial charge on any atom is 0.143 e. The van der Waals surface area contributed by atoms with Crippen LogP contribution in [0.3, 0.4) is 0 Å². The van der Waals surface area contributed by atoms with Crippen molar-refractivity contribution in [2.45, 2.75) is 70.6 Å². The number of benzene rings is 7. The van der Waals surface area contributed by atoms with Crippen molar-refractivity contribution >= 4 is 50.1 Å². The van der Waals surface area contributed by atoms with Gasteiger partial charge in [0.2, 0.25) is 0 Å². The van der Waals surface area contributed by atoms with Crippen LogP contribution in [0.15, 0.2) is 179 Å². The second kappa shape index (κ2) is 12.7. The van der Waals surface area contributed by atoms with Gasteiger partial charge in [0.25, 0.3) is 0 Å². The van der Waals surface area contributed by atoms with Crippen LogP contribution < -0.4 is 4.90 Å². The van der Waals surface area contributed by atoms with Crippen molar-refractivity contribution in [3.05, 3.63) is 219 Å². The molecule has 0 saturated carbocycles. The number of furan rings is 1. The van der Waals surface area contributed by atoms with E-state index in [1.807, 2.05) is 0 Å². The third-order valence-corrected chi connectivity index (χ3v) is 16.7. The Bertz CT molecular complexity index is 3600. The SMILES string of the molecule is CC1CC=CC2=C1c1ccc(N(c3ccc4c(c3)C(C)(C)c3ccccc3-4)c3cccc4c3C3(C5=C4C(C)CC=C5)c4ccccc4-c4c3ccc3c4oc4ccccc43)cc1C2(C)C. The molecule has 1 heterocycles. The van der Waals surface area contributed by atoms with Crippen molar-refractivity contribution in [3.8, 4) is 22.3 Å². The molecular formula is C63H51NO. The quantitative estimate of drug-likeness (QED) is 0.176. The van der Waals surface area contributed by atoms with Crippen molar-refractivity contribution in [1.82, 2.24) is 0 Å². The fraction of sp³-hybridized carbons (Fsp3) is 0.206. The van der Waals surface area contributed by atoms with Gasteiger partial charge in [-0.2, -0.15) is 0 Å². The van der Waals surface area contributed by atoms with Crippen LogP contribution in [-0.4, -0.2) is 0 Å². The number of rotatable bonds is 3. The Morgan fingerprint density at radius 3 is 1.89 bits per heavy atom. The Hall–Kier alpha value is -6.90. The minimum absolute atomic E-state index is 0.124. The summed E-state index contributed by atoms with van der Waals surface area (Å²) in [6.45, 7) is 14.5. The minimum atomic E-state index is -0.577. The Morgan fingerprint density at radius 2 is 1.11 bits per heavy atom. The van der Waals surface area contributed by atoms with Gasteiger partial charge in [-0.3, -0.25) is 0 Å². The molecule has 65 heavy (non-hydrogen) atoms. The molecule has 1 aromatic heterocycles. The number of nitrogens with zero attached hydrogens (tertiary/aromatic N) is 1. The van der Waals surface area contributed by atoms with Crippen LogP contribution in [0.4, 0.5) is 17.1 Å². The largest absolute Gasteiger partial charge is 0.455 e. The number of hydrogen-bond donors (Lipinski definition) is 0. The summed E-state index contributed by atoms with van der Waals surface area (Å²) in [6.07, 6.45) is 11.8. The zero-order valence-corrected chi connectivity index (χ0v) is 38.0. The van der Waals surface area contributed by atoms with E-state index < -0.39 is 5.41 Å². The summed E-state index contributed by atoms with van der Waals surface area (Å²) in [5.41, 5.74) is 26.6. The molecule has 0 aliphatic heterocycles. The van der Waals surface area contributed by atoms with E-state index in [4.69, 9.17) is 4.42 Å². The van der Waals surface area contributed by atoms with E-state index in [0.29, 0.717) is 11.8 Å². The van der Waals surface area contributed by atoms with E-state index in [0.717, 1.165) is 29.4 Å². The molecular weight excluding hydrogens is 787 g/mol. The van der Waals surface area contributed by atoms with Gasteiger partial charge in [0, 0.05) is 44.1 Å². The zero-order chi connectivity index (χ0) is 43.7. The predicted molar refractivity (Wildman–Crippen MR) is 270 cm³/mol. The highest BCUT2D eigenvalue weighted by Crippen LogP contribution is 2.68. The van der Waals surface area contributed by atoms with Crippen molar-refractivity contribution in [3.63, 3.8) is 0 Å². The topological polar surface area (TPSA) is 16.4 Å². The van der Waals surface area contributed by atoms with Crippen LogP contribution in [0.25, 0.3) is 55.3 Å². The first-order valence-electron chi connectivity index (χ1n) is 23.8. The van der Waals surface area contributed by atoms with E-state index in [1.54, 1.807) is 0 Å². The molecule has 0 radical (unpaired) electrons. The molecule has 14 rings (SSSR count). The van der Waals surface area contributed by atoms with Crippen LogP contribution in [0.1, 0.15) is 98.9 Å². The van der Waals surface area contributed by atoms with Gasteiger partial charge in [0.05, 0.1) is 11.1 Å². The number of anilines is 3. The first-order valence-corrected chi connectivity index (χ1v) is 23.8. The lowest BCUT2D eigenvalue weighted by Crippen LogP contribution is -2.29. The molecule has 0 N–H and O–H groups in total. The fourth-order valence-corrected chi connectivity index (χ4v) is 13.8. The lowest BCUT2D eigenvalue weighted by Gasteiger charge is -2.37. The van der Waals surface area contributed by atoms with Gasteiger partial charge < -0.3 is 9.32 Å². The maximum absolute atomic E-state index is 6.96. The van der Waals surface area contributed by atoms with Crippen molar-refractivity contribution in [1.29, 1.82) is 0 Å². The maximum atomic E-state index is 6.96. The monoisotopic (exact) mass is 837 g/mol. The standard InChI is InChI=1S/C63H51NO/c1-36-16-13-24-49-56(36)45-31-29-39(35-53(45)62(49,5)6)64(38-28-30-41-40-18-7-10-22-47(40)61(3,4)52(41)34-38)54-26-15-21-46-57-37(2)17-14-25-50(57)63(59(46)54)48-23-11-8-20-44(48)58-51(63)33-32-43-42-19-9-12-27-55(42)65-60(43)58/h7-15,18-37H,16-17H2,1-6H3. The average molecular weight is 838 g/mol. The molecule has 0 amide bonds. The first-order chi connectivity index (χ1) is 31.6. The van der Waals surface area contributed by atoms with Crippen LogP contribution in [0.5, 0.6) is 0 Å². The summed E-state index contributed by atoms with van der Waals surface area (Å²) in [5.74, 6) is 0.846. The molecule has 2 heteroatoms. The highest BCUT2D eigenvalue weighted by molar-refractivity contribution is 6.13. The van der Waals surface area contributed by atoms with Gasteiger partial charge in [0.1, 0.15) is 11.2 Å². The van der Waals surface area contributed by atoms with Crippen molar-refractivity contribution in [2.75, 3.05) is 4.90 Å². The smallest absolute Gasteiger partial charge is 0.143 e. The summed E-state index contributed by atoms with van der Waals surface area (Å²) in [4.78, 5) is 2.64. The molecule has 314 valence electrons. The summed E-state index contributed by atoms with van der Waals surface area (Å²) < 4.78 is 6.96. The molecule has 3 atom stereocenters. The zero-order valence-electron chi connectivity index (χ0n) is 38.0. The number of fused-ring (bicyclic) bond motifs is 18. The van der Waals surface area contributed by atoms with Gasteiger partial charge in [-0.05, 0) is 139 Å². The summed E-state index contributed by atoms with van der Waals surface area (Å²) in [7, 11) is 0. The van der Waals surface area contributed by atoms with Crippen molar-refractivity contribution in [2.24, 2.45) is 11.8 Å². The molecule has 7 aromatic carbocycles. The Morgan fingerprint density at radius 1 is 0.492 bits per heavy atom. The molecule has 3 unspecified atom stereocenters. The molecule has 0 bridgehead atoms. The normalized spacial score (nSPS) is 21.9. The minimum Gasteiger partial charge on any atom is -0.455 e. The number of hydrogen-bond acceptors (Lipinski definition) is 2. The van der Waals surface area contributed by atoms with E-state index in [9.17, 15) is 0 Å². The number of para-hydroxylation sites is 1. The van der Waals surface area contributed by atoms with Gasteiger partial charge in [-0.15, -0.1) is 0 Å². The highest BCUT2D eigenvalue weighted by atomic mass is 16.3. The lowest BCUT2D eigenvalue weighted by molar-refractivity contribution is 0.643. The molecule has 0 saturated heterocycles. The van der Waals surface area contributed by atoms with Crippen LogP contribution in [0, 0.1) is 11.8 Å². The van der Waals surface area contributed by atoms with Gasteiger partial charge in [0.15, 0.2) is 0 Å². The van der Waals surface area contributed by atoms with Crippen LogP contribution >= 0.6 is 0 Å². The van der Waals surface area contributed by atoms with Crippen molar-refractivity contribution < 1.29 is 4.42 Å². The molecule has 1 spiro atoms. The molecule has 6 aliphatic rings. The van der Waals surface area contributed by atoms with Gasteiger partial charge in [-0.25, -0.2) is 0 Å². The second-order valence-corrected chi connectivity index (χ2v) is 20.8. The Kier molecular flexibility index (Phi) is 7.30. The third-order valence-electron chi connectivity index (χ3n) is 16.7. The molecule has 8 aromatic rings.